The highest BCUT2D eigenvalue weighted by atomic mass is 19.1. The molecular weight excluding hydrogens is 438 g/mol. The van der Waals surface area contributed by atoms with Crippen molar-refractivity contribution in [3.8, 4) is 17.0 Å². The van der Waals surface area contributed by atoms with Crippen LogP contribution in [-0.2, 0) is 0 Å². The summed E-state index contributed by atoms with van der Waals surface area (Å²) in [4.78, 5) is 14.9. The number of halogens is 2. The molecule has 2 aliphatic rings. The van der Waals surface area contributed by atoms with Crippen LogP contribution in [0.5, 0.6) is 5.75 Å². The molecule has 5 rings (SSSR count). The zero-order valence-electron chi connectivity index (χ0n) is 19.3. The van der Waals surface area contributed by atoms with Gasteiger partial charge in [-0.25, -0.2) is 23.7 Å². The van der Waals surface area contributed by atoms with Crippen molar-refractivity contribution in [3.63, 3.8) is 0 Å². The van der Waals surface area contributed by atoms with E-state index < -0.39 is 11.6 Å². The highest BCUT2D eigenvalue weighted by molar-refractivity contribution is 5.73. The maximum Gasteiger partial charge on any atom is 0.229 e. The van der Waals surface area contributed by atoms with Gasteiger partial charge < -0.3 is 20.3 Å². The summed E-state index contributed by atoms with van der Waals surface area (Å²) in [5, 5.41) is 6.40. The lowest BCUT2D eigenvalue weighted by atomic mass is 9.91. The number of fused-ring (bicyclic) bond motifs is 1. The van der Waals surface area contributed by atoms with Gasteiger partial charge in [0.15, 0.2) is 17.4 Å². The third kappa shape index (κ3) is 4.52. The summed E-state index contributed by atoms with van der Waals surface area (Å²) in [6.45, 7) is 7.11. The monoisotopic (exact) mass is 466 g/mol. The summed E-state index contributed by atoms with van der Waals surface area (Å²) in [6, 6.07) is 7.04. The van der Waals surface area contributed by atoms with E-state index >= 15 is 0 Å². The summed E-state index contributed by atoms with van der Waals surface area (Å²) >= 11 is 0. The SMILES string of the molecule is CC(C)N1CCOc2c(F)cc(-c3nc(Nc4ccc(C5CCNCC5)cn4)ncc3F)cc21. The van der Waals surface area contributed by atoms with Crippen molar-refractivity contribution in [1.82, 2.24) is 20.3 Å². The summed E-state index contributed by atoms with van der Waals surface area (Å²) in [6.07, 6.45) is 5.13. The first kappa shape index (κ1) is 22.5. The second-order valence-corrected chi connectivity index (χ2v) is 8.96. The van der Waals surface area contributed by atoms with Crippen LogP contribution in [0.15, 0.2) is 36.7 Å². The van der Waals surface area contributed by atoms with Crippen LogP contribution in [0.3, 0.4) is 0 Å². The Kier molecular flexibility index (Phi) is 6.28. The summed E-state index contributed by atoms with van der Waals surface area (Å²) in [7, 11) is 0. The molecule has 3 aromatic rings. The van der Waals surface area contributed by atoms with Gasteiger partial charge in [0.2, 0.25) is 5.95 Å². The minimum absolute atomic E-state index is 0.0137. The Morgan fingerprint density at radius 1 is 1.09 bits per heavy atom. The number of nitrogens with one attached hydrogen (secondary N) is 2. The van der Waals surface area contributed by atoms with E-state index in [0.29, 0.717) is 36.1 Å². The zero-order valence-corrected chi connectivity index (χ0v) is 19.3. The van der Waals surface area contributed by atoms with Crippen molar-refractivity contribution in [2.24, 2.45) is 0 Å². The number of hydrogen-bond donors (Lipinski definition) is 2. The van der Waals surface area contributed by atoms with Gasteiger partial charge in [0.25, 0.3) is 0 Å². The Balaban J connectivity index is 1.41. The maximum atomic E-state index is 14.9. The van der Waals surface area contributed by atoms with Crippen molar-refractivity contribution in [2.75, 3.05) is 36.5 Å². The van der Waals surface area contributed by atoms with E-state index in [1.54, 1.807) is 6.07 Å². The van der Waals surface area contributed by atoms with Gasteiger partial charge >= 0.3 is 0 Å². The Morgan fingerprint density at radius 3 is 2.65 bits per heavy atom. The average Bonchev–Trinajstić information content (AvgIpc) is 2.86. The van der Waals surface area contributed by atoms with E-state index in [4.69, 9.17) is 4.74 Å². The molecule has 1 aromatic carbocycles. The Hall–Kier alpha value is -3.33. The molecule has 0 spiro atoms. The van der Waals surface area contributed by atoms with Crippen LogP contribution in [-0.4, -0.2) is 47.2 Å². The predicted octanol–water partition coefficient (Wildman–Crippen LogP) is 4.63. The molecule has 1 saturated heterocycles. The summed E-state index contributed by atoms with van der Waals surface area (Å²) in [5.41, 5.74) is 2.14. The molecule has 0 aliphatic carbocycles. The second-order valence-electron chi connectivity index (χ2n) is 8.96. The molecule has 0 radical (unpaired) electrons. The maximum absolute atomic E-state index is 14.9. The molecule has 0 bridgehead atoms. The Morgan fingerprint density at radius 2 is 1.91 bits per heavy atom. The number of pyridine rings is 1. The molecular formula is C25H28F2N6O. The van der Waals surface area contributed by atoms with Gasteiger partial charge in [-0.3, -0.25) is 0 Å². The van der Waals surface area contributed by atoms with E-state index in [1.165, 1.54) is 11.6 Å². The number of aromatic nitrogens is 3. The van der Waals surface area contributed by atoms with Gasteiger partial charge in [-0.05, 0) is 69.5 Å². The number of anilines is 3. The molecule has 0 amide bonds. The first-order chi connectivity index (χ1) is 16.5. The lowest BCUT2D eigenvalue weighted by Gasteiger charge is -2.34. The molecule has 2 N–H and O–H groups in total. The highest BCUT2D eigenvalue weighted by Crippen LogP contribution is 2.39. The van der Waals surface area contributed by atoms with Gasteiger partial charge in [0.1, 0.15) is 18.1 Å². The van der Waals surface area contributed by atoms with Crippen molar-refractivity contribution in [3.05, 3.63) is 53.9 Å². The minimum Gasteiger partial charge on any atom is -0.486 e. The van der Waals surface area contributed by atoms with Crippen LogP contribution >= 0.6 is 0 Å². The third-order valence-electron chi connectivity index (χ3n) is 6.39. The number of ether oxygens (including phenoxy) is 1. The van der Waals surface area contributed by atoms with Gasteiger partial charge in [0, 0.05) is 17.8 Å². The molecule has 0 unspecified atom stereocenters. The molecule has 4 heterocycles. The summed E-state index contributed by atoms with van der Waals surface area (Å²) in [5.74, 6) is 0.270. The van der Waals surface area contributed by atoms with Crippen LogP contribution in [0, 0.1) is 11.6 Å². The van der Waals surface area contributed by atoms with E-state index in [9.17, 15) is 8.78 Å². The fraction of sp³-hybridized carbons (Fsp3) is 0.400. The van der Waals surface area contributed by atoms with Crippen molar-refractivity contribution in [2.45, 2.75) is 38.6 Å². The van der Waals surface area contributed by atoms with Crippen LogP contribution < -0.4 is 20.3 Å². The van der Waals surface area contributed by atoms with Gasteiger partial charge in [-0.15, -0.1) is 0 Å². The largest absolute Gasteiger partial charge is 0.486 e. The van der Waals surface area contributed by atoms with E-state index in [2.05, 4.69) is 31.7 Å². The molecule has 2 aromatic heterocycles. The molecule has 0 atom stereocenters. The second kappa shape index (κ2) is 9.50. The zero-order chi connectivity index (χ0) is 23.7. The van der Waals surface area contributed by atoms with Crippen LogP contribution in [0.2, 0.25) is 0 Å². The molecule has 178 valence electrons. The lowest BCUT2D eigenvalue weighted by molar-refractivity contribution is 0.287. The van der Waals surface area contributed by atoms with E-state index in [1.807, 2.05) is 31.0 Å². The molecule has 9 heteroatoms. The molecule has 1 fully saturated rings. The first-order valence-corrected chi connectivity index (χ1v) is 11.7. The quantitative estimate of drug-likeness (QED) is 0.568. The number of nitrogens with zero attached hydrogens (tertiary/aromatic N) is 4. The fourth-order valence-electron chi connectivity index (χ4n) is 4.60. The van der Waals surface area contributed by atoms with Crippen LogP contribution in [0.25, 0.3) is 11.3 Å². The molecule has 0 saturated carbocycles. The first-order valence-electron chi connectivity index (χ1n) is 11.7. The predicted molar refractivity (Wildman–Crippen MR) is 128 cm³/mol. The smallest absolute Gasteiger partial charge is 0.229 e. The van der Waals surface area contributed by atoms with Gasteiger partial charge in [-0.1, -0.05) is 6.07 Å². The molecule has 2 aliphatic heterocycles. The van der Waals surface area contributed by atoms with Crippen molar-refractivity contribution in [1.29, 1.82) is 0 Å². The van der Waals surface area contributed by atoms with Gasteiger partial charge in [0.05, 0.1) is 18.4 Å². The molecule has 34 heavy (non-hydrogen) atoms. The third-order valence-corrected chi connectivity index (χ3v) is 6.39. The normalized spacial score (nSPS) is 16.3. The fourth-order valence-corrected chi connectivity index (χ4v) is 4.60. The van der Waals surface area contributed by atoms with Crippen molar-refractivity contribution >= 4 is 17.5 Å². The topological polar surface area (TPSA) is 75.2 Å². The standard InChI is InChI=1S/C25H28F2N6O/c1-15(2)33-9-10-34-24-19(26)11-18(12-21(24)33)23-20(27)14-30-25(32-23)31-22-4-3-17(13-29-22)16-5-7-28-8-6-16/h3-4,11-16,28H,5-10H2,1-2H3,(H,29,30,31,32). The van der Waals surface area contributed by atoms with E-state index in [-0.39, 0.29) is 23.4 Å². The van der Waals surface area contributed by atoms with E-state index in [0.717, 1.165) is 32.1 Å². The summed E-state index contributed by atoms with van der Waals surface area (Å²) < 4.78 is 35.2. The van der Waals surface area contributed by atoms with Gasteiger partial charge in [-0.2, -0.15) is 0 Å². The number of benzene rings is 1. The Bertz CT molecular complexity index is 1160. The van der Waals surface area contributed by atoms with Crippen molar-refractivity contribution < 1.29 is 13.5 Å². The van der Waals surface area contributed by atoms with Crippen LogP contribution in [0.1, 0.15) is 38.2 Å². The molecule has 7 nitrogen and oxygen atoms in total. The number of rotatable bonds is 5. The highest BCUT2D eigenvalue weighted by Gasteiger charge is 2.25. The Labute approximate surface area is 197 Å². The lowest BCUT2D eigenvalue weighted by Crippen LogP contribution is -2.38. The minimum atomic E-state index is -0.632. The number of hydrogen-bond acceptors (Lipinski definition) is 7. The van der Waals surface area contributed by atoms with Crippen LogP contribution in [0.4, 0.5) is 26.2 Å². The average molecular weight is 467 g/mol. The number of piperidine rings is 1.